The summed E-state index contributed by atoms with van der Waals surface area (Å²) in [7, 11) is 1.44. The third kappa shape index (κ3) is 6.71. The Morgan fingerprint density at radius 1 is 1.03 bits per heavy atom. The molecule has 0 saturated carbocycles. The van der Waals surface area contributed by atoms with Crippen LogP contribution >= 0.6 is 46.8 Å². The zero-order valence-corrected chi connectivity index (χ0v) is 19.6. The smallest absolute Gasteiger partial charge is 0.243 e. The van der Waals surface area contributed by atoms with E-state index in [1.807, 2.05) is 19.9 Å². The van der Waals surface area contributed by atoms with Crippen LogP contribution in [0.25, 0.3) is 0 Å². The number of nitrogens with zero attached hydrogens (tertiary/aromatic N) is 1. The van der Waals surface area contributed by atoms with Gasteiger partial charge in [-0.3, -0.25) is 5.41 Å². The fourth-order valence-electron chi connectivity index (χ4n) is 2.17. The lowest BCUT2D eigenvalue weighted by atomic mass is 10.2. The third-order valence-electron chi connectivity index (χ3n) is 3.50. The zero-order valence-electron chi connectivity index (χ0n) is 16.5. The fraction of sp³-hybridized carbons (Fsp3) is 0.143. The molecule has 0 saturated heterocycles. The van der Waals surface area contributed by atoms with Crippen LogP contribution in [0.3, 0.4) is 0 Å². The molecule has 0 spiro atoms. The van der Waals surface area contributed by atoms with Gasteiger partial charge in [0.2, 0.25) is 11.8 Å². The molecule has 0 aliphatic heterocycles. The Hall–Kier alpha value is -2.12. The first-order valence-corrected chi connectivity index (χ1v) is 10.9. The van der Waals surface area contributed by atoms with Gasteiger partial charge in [-0.05, 0) is 54.4 Å². The van der Waals surface area contributed by atoms with Crippen molar-refractivity contribution in [3.05, 3.63) is 75.4 Å². The first-order chi connectivity index (χ1) is 14.5. The highest BCUT2D eigenvalue weighted by atomic mass is 35.5. The minimum atomic E-state index is 0.0445. The minimum Gasteiger partial charge on any atom is -0.481 e. The van der Waals surface area contributed by atoms with Gasteiger partial charge in [0.05, 0.1) is 22.2 Å². The summed E-state index contributed by atoms with van der Waals surface area (Å²) in [5.74, 6) is 0.887. The molecule has 0 radical (unpaired) electrons. The number of rotatable bonds is 6. The van der Waals surface area contributed by atoms with Crippen LogP contribution in [0.2, 0.25) is 15.1 Å². The van der Waals surface area contributed by atoms with Crippen LogP contribution in [0.4, 0.5) is 5.69 Å². The molecule has 3 rings (SSSR count). The van der Waals surface area contributed by atoms with Crippen molar-refractivity contribution in [2.75, 3.05) is 11.8 Å². The fourth-order valence-corrected chi connectivity index (χ4v) is 3.37. The van der Waals surface area contributed by atoms with Crippen LogP contribution in [0.5, 0.6) is 11.6 Å². The second-order valence-electron chi connectivity index (χ2n) is 5.45. The Kier molecular flexibility index (Phi) is 9.59. The third-order valence-corrected chi connectivity index (χ3v) is 5.26. The molecule has 1 aromatic heterocycles. The topological polar surface area (TPSA) is 67.2 Å². The van der Waals surface area contributed by atoms with E-state index in [4.69, 9.17) is 49.7 Å². The number of hydrogen-bond donors (Lipinski definition) is 2. The molecule has 30 heavy (non-hydrogen) atoms. The SMILES string of the molecule is CC.COC(=N)c1cccc(Oc2ncc(Cl)cc2NSc2ccc(Cl)c(Cl)c2)c1. The summed E-state index contributed by atoms with van der Waals surface area (Å²) < 4.78 is 14.0. The summed E-state index contributed by atoms with van der Waals surface area (Å²) in [5, 5.41) is 9.18. The molecule has 1 heterocycles. The lowest BCUT2D eigenvalue weighted by Crippen LogP contribution is -2.01. The van der Waals surface area contributed by atoms with Gasteiger partial charge in [0.25, 0.3) is 0 Å². The van der Waals surface area contributed by atoms with Gasteiger partial charge in [-0.15, -0.1) is 0 Å². The zero-order chi connectivity index (χ0) is 22.1. The summed E-state index contributed by atoms with van der Waals surface area (Å²) >= 11 is 19.4. The van der Waals surface area contributed by atoms with Gasteiger partial charge in [0.15, 0.2) is 0 Å². The Morgan fingerprint density at radius 2 is 1.80 bits per heavy atom. The summed E-state index contributed by atoms with van der Waals surface area (Å²) in [5.41, 5.74) is 1.17. The van der Waals surface area contributed by atoms with E-state index in [1.165, 1.54) is 25.3 Å². The molecule has 0 amide bonds. The second kappa shape index (κ2) is 11.9. The van der Waals surface area contributed by atoms with Gasteiger partial charge >= 0.3 is 0 Å². The van der Waals surface area contributed by atoms with E-state index < -0.39 is 0 Å². The van der Waals surface area contributed by atoms with E-state index in [2.05, 4.69) is 9.71 Å². The first kappa shape index (κ1) is 24.2. The molecule has 0 unspecified atom stereocenters. The number of pyridine rings is 1. The van der Waals surface area contributed by atoms with Crippen molar-refractivity contribution in [1.82, 2.24) is 4.98 Å². The molecule has 158 valence electrons. The van der Waals surface area contributed by atoms with Gasteiger partial charge < -0.3 is 14.2 Å². The number of nitrogens with one attached hydrogen (secondary N) is 2. The average molecular weight is 485 g/mol. The molecule has 0 bridgehead atoms. The Labute approximate surface area is 195 Å². The maximum Gasteiger partial charge on any atom is 0.243 e. The Morgan fingerprint density at radius 3 is 2.50 bits per heavy atom. The number of ether oxygens (including phenoxy) is 2. The Bertz CT molecular complexity index is 1020. The summed E-state index contributed by atoms with van der Waals surface area (Å²) in [6.07, 6.45) is 1.49. The molecule has 2 aromatic carbocycles. The molecule has 9 heteroatoms. The van der Waals surface area contributed by atoms with Crippen molar-refractivity contribution in [1.29, 1.82) is 5.41 Å². The summed E-state index contributed by atoms with van der Waals surface area (Å²) in [6.45, 7) is 4.00. The number of aromatic nitrogens is 1. The number of anilines is 1. The van der Waals surface area contributed by atoms with Gasteiger partial charge in [-0.25, -0.2) is 4.98 Å². The molecular formula is C21H20Cl3N3O2S. The van der Waals surface area contributed by atoms with Crippen molar-refractivity contribution in [3.63, 3.8) is 0 Å². The molecule has 0 fully saturated rings. The normalized spacial score (nSPS) is 9.93. The molecule has 0 aliphatic carbocycles. The molecule has 0 atom stereocenters. The quantitative estimate of drug-likeness (QED) is 0.211. The number of methoxy groups -OCH3 is 1. The lowest BCUT2D eigenvalue weighted by molar-refractivity contribution is 0.400. The molecular weight excluding hydrogens is 465 g/mol. The summed E-state index contributed by atoms with van der Waals surface area (Å²) in [4.78, 5) is 5.11. The highest BCUT2D eigenvalue weighted by Gasteiger charge is 2.11. The van der Waals surface area contributed by atoms with Crippen LogP contribution < -0.4 is 9.46 Å². The monoisotopic (exact) mass is 483 g/mol. The molecule has 5 nitrogen and oxygen atoms in total. The van der Waals surface area contributed by atoms with Crippen LogP contribution in [0.15, 0.2) is 59.6 Å². The average Bonchev–Trinajstić information content (AvgIpc) is 2.77. The van der Waals surface area contributed by atoms with Crippen molar-refractivity contribution >= 4 is 58.3 Å². The van der Waals surface area contributed by atoms with Gasteiger partial charge in [-0.1, -0.05) is 54.7 Å². The van der Waals surface area contributed by atoms with Crippen molar-refractivity contribution in [3.8, 4) is 11.6 Å². The molecule has 2 N–H and O–H groups in total. The highest BCUT2D eigenvalue weighted by molar-refractivity contribution is 8.00. The Balaban J connectivity index is 0.00000155. The van der Waals surface area contributed by atoms with Crippen LogP contribution in [0.1, 0.15) is 19.4 Å². The van der Waals surface area contributed by atoms with Crippen molar-refractivity contribution in [2.24, 2.45) is 0 Å². The maximum absolute atomic E-state index is 7.77. The first-order valence-electron chi connectivity index (χ1n) is 8.90. The van der Waals surface area contributed by atoms with E-state index in [-0.39, 0.29) is 5.90 Å². The van der Waals surface area contributed by atoms with Gasteiger partial charge in [0, 0.05) is 16.7 Å². The van der Waals surface area contributed by atoms with E-state index in [9.17, 15) is 0 Å². The van der Waals surface area contributed by atoms with E-state index in [0.717, 1.165) is 4.90 Å². The number of benzene rings is 2. The van der Waals surface area contributed by atoms with Gasteiger partial charge in [-0.2, -0.15) is 0 Å². The van der Waals surface area contributed by atoms with Crippen molar-refractivity contribution < 1.29 is 9.47 Å². The van der Waals surface area contributed by atoms with Crippen LogP contribution in [-0.2, 0) is 4.74 Å². The van der Waals surface area contributed by atoms with Crippen LogP contribution in [0, 0.1) is 5.41 Å². The van der Waals surface area contributed by atoms with E-state index in [1.54, 1.807) is 42.5 Å². The molecule has 0 aliphatic rings. The van der Waals surface area contributed by atoms with E-state index in [0.29, 0.717) is 37.9 Å². The lowest BCUT2D eigenvalue weighted by Gasteiger charge is -2.13. The predicted molar refractivity (Wildman–Crippen MR) is 127 cm³/mol. The number of hydrogen-bond acceptors (Lipinski definition) is 6. The second-order valence-corrected chi connectivity index (χ2v) is 7.58. The standard InChI is InChI=1S/C19H14Cl3N3O2S.C2H6/c1-26-18(23)11-3-2-4-13(7-11)27-19-17(8-12(20)10-24-19)25-28-14-5-6-15(21)16(22)9-14;1-2/h2-10,23,25H,1H3;1-2H3. The van der Waals surface area contributed by atoms with Gasteiger partial charge in [0.1, 0.15) is 11.4 Å². The minimum absolute atomic E-state index is 0.0445. The van der Waals surface area contributed by atoms with Crippen LogP contribution in [-0.4, -0.2) is 18.0 Å². The summed E-state index contributed by atoms with van der Waals surface area (Å²) in [6, 6.07) is 14.0. The number of halogens is 3. The predicted octanol–water partition coefficient (Wildman–Crippen LogP) is 7.95. The van der Waals surface area contributed by atoms with E-state index >= 15 is 0 Å². The maximum atomic E-state index is 7.77. The largest absolute Gasteiger partial charge is 0.481 e. The highest BCUT2D eigenvalue weighted by Crippen LogP contribution is 2.34. The molecule has 3 aromatic rings. The van der Waals surface area contributed by atoms with Crippen molar-refractivity contribution in [2.45, 2.75) is 18.7 Å².